The maximum absolute atomic E-state index is 13.7. The second-order valence-electron chi connectivity index (χ2n) is 4.99. The Balaban J connectivity index is 2.34. The van der Waals surface area contributed by atoms with Gasteiger partial charge in [0.25, 0.3) is 0 Å². The number of rotatable bonds is 5. The summed E-state index contributed by atoms with van der Waals surface area (Å²) in [5.74, 6) is 0.783. The normalized spacial score (nSPS) is 18.0. The third-order valence-corrected chi connectivity index (χ3v) is 4.38. The van der Waals surface area contributed by atoms with Gasteiger partial charge < -0.3 is 14.8 Å². The molecule has 1 N–H and O–H groups in total. The third-order valence-electron chi connectivity index (χ3n) is 3.77. The van der Waals surface area contributed by atoms with Crippen molar-refractivity contribution in [1.29, 1.82) is 0 Å². The molecule has 3 nitrogen and oxygen atoms in total. The molecule has 20 heavy (non-hydrogen) atoms. The van der Waals surface area contributed by atoms with Gasteiger partial charge in [-0.1, -0.05) is 6.92 Å². The lowest BCUT2D eigenvalue weighted by Crippen LogP contribution is -2.32. The molecule has 0 aromatic heterocycles. The van der Waals surface area contributed by atoms with Crippen LogP contribution in [0.3, 0.4) is 0 Å². The number of nitrogens with one attached hydrogen (secondary N) is 1. The maximum atomic E-state index is 13.7. The zero-order valence-corrected chi connectivity index (χ0v) is 13.5. The molecule has 1 unspecified atom stereocenters. The van der Waals surface area contributed by atoms with Gasteiger partial charge in [-0.15, -0.1) is 0 Å². The van der Waals surface area contributed by atoms with Crippen LogP contribution in [0, 0.1) is 11.7 Å². The van der Waals surface area contributed by atoms with E-state index in [-0.39, 0.29) is 11.9 Å². The average Bonchev–Trinajstić information content (AvgIpc) is 2.48. The number of benzene rings is 1. The summed E-state index contributed by atoms with van der Waals surface area (Å²) in [6, 6.07) is 3.44. The molecule has 0 spiro atoms. The Hall–Kier alpha value is -0.650. The molecular weight excluding hydrogens is 325 g/mol. The van der Waals surface area contributed by atoms with E-state index in [4.69, 9.17) is 9.47 Å². The smallest absolute Gasteiger partial charge is 0.141 e. The molecular formula is C15H21BrFNO2. The molecule has 5 heteroatoms. The van der Waals surface area contributed by atoms with Crippen molar-refractivity contribution in [3.8, 4) is 5.75 Å². The van der Waals surface area contributed by atoms with Crippen molar-refractivity contribution in [3.05, 3.63) is 28.0 Å². The number of hydrogen-bond acceptors (Lipinski definition) is 3. The van der Waals surface area contributed by atoms with E-state index in [0.29, 0.717) is 16.1 Å². The van der Waals surface area contributed by atoms with Gasteiger partial charge in [-0.3, -0.25) is 0 Å². The molecule has 1 aromatic carbocycles. The van der Waals surface area contributed by atoms with Crippen LogP contribution in [0.2, 0.25) is 0 Å². The first-order chi connectivity index (χ1) is 9.67. The number of ether oxygens (including phenoxy) is 2. The molecule has 1 atom stereocenters. The minimum atomic E-state index is -0.298. The Morgan fingerprint density at radius 3 is 2.75 bits per heavy atom. The second-order valence-corrected chi connectivity index (χ2v) is 5.85. The molecule has 1 aromatic rings. The molecule has 1 aliphatic heterocycles. The van der Waals surface area contributed by atoms with E-state index < -0.39 is 0 Å². The zero-order chi connectivity index (χ0) is 14.5. The van der Waals surface area contributed by atoms with Gasteiger partial charge in [-0.2, -0.15) is 0 Å². The quantitative estimate of drug-likeness (QED) is 0.882. The minimum absolute atomic E-state index is 0.163. The summed E-state index contributed by atoms with van der Waals surface area (Å²) < 4.78 is 24.9. The van der Waals surface area contributed by atoms with Crippen molar-refractivity contribution in [2.75, 3.05) is 26.9 Å². The minimum Gasteiger partial charge on any atom is -0.496 e. The average molecular weight is 346 g/mol. The van der Waals surface area contributed by atoms with Gasteiger partial charge >= 0.3 is 0 Å². The summed E-state index contributed by atoms with van der Waals surface area (Å²) in [5, 5.41) is 3.51. The number of halogens is 2. The van der Waals surface area contributed by atoms with Crippen LogP contribution in [0.4, 0.5) is 4.39 Å². The fourth-order valence-electron chi connectivity index (χ4n) is 2.76. The first kappa shape index (κ1) is 15.7. The van der Waals surface area contributed by atoms with Crippen LogP contribution >= 0.6 is 15.9 Å². The van der Waals surface area contributed by atoms with E-state index in [2.05, 4.69) is 28.2 Å². The van der Waals surface area contributed by atoms with E-state index >= 15 is 0 Å². The molecule has 0 amide bonds. The van der Waals surface area contributed by atoms with Crippen LogP contribution in [0.5, 0.6) is 5.75 Å². The fraction of sp³-hybridized carbons (Fsp3) is 0.600. The van der Waals surface area contributed by atoms with Crippen molar-refractivity contribution in [1.82, 2.24) is 5.32 Å². The van der Waals surface area contributed by atoms with Crippen LogP contribution in [0.1, 0.15) is 31.4 Å². The lowest BCUT2D eigenvalue weighted by molar-refractivity contribution is 0.0535. The van der Waals surface area contributed by atoms with E-state index in [1.165, 1.54) is 6.07 Å². The van der Waals surface area contributed by atoms with Gasteiger partial charge in [-0.05, 0) is 47.3 Å². The molecule has 0 saturated carbocycles. The molecule has 112 valence electrons. The summed E-state index contributed by atoms with van der Waals surface area (Å²) in [6.45, 7) is 4.52. The molecule has 0 aliphatic carbocycles. The summed E-state index contributed by atoms with van der Waals surface area (Å²) >= 11 is 3.27. The van der Waals surface area contributed by atoms with E-state index in [1.54, 1.807) is 7.11 Å². The lowest BCUT2D eigenvalue weighted by atomic mass is 9.86. The van der Waals surface area contributed by atoms with E-state index in [9.17, 15) is 4.39 Å². The van der Waals surface area contributed by atoms with Crippen LogP contribution < -0.4 is 10.1 Å². The number of methoxy groups -OCH3 is 1. The Kier molecular flexibility index (Phi) is 5.81. The Morgan fingerprint density at radius 1 is 1.45 bits per heavy atom. The first-order valence-electron chi connectivity index (χ1n) is 7.01. The molecule has 1 heterocycles. The largest absolute Gasteiger partial charge is 0.496 e. The standard InChI is InChI=1S/C15H21BrFNO2/c1-3-18-15(10-4-6-20-7-5-10)11-8-12(16)13(17)9-14(11)19-2/h8-10,15,18H,3-7H2,1-2H3. The van der Waals surface area contributed by atoms with Crippen LogP contribution in [-0.4, -0.2) is 26.9 Å². The fourth-order valence-corrected chi connectivity index (χ4v) is 3.12. The van der Waals surface area contributed by atoms with Gasteiger partial charge in [0.05, 0.1) is 11.6 Å². The third kappa shape index (κ3) is 3.51. The SMILES string of the molecule is CCNC(c1cc(Br)c(F)cc1OC)C1CCOCC1. The van der Waals surface area contributed by atoms with Gasteiger partial charge in [0.1, 0.15) is 11.6 Å². The topological polar surface area (TPSA) is 30.5 Å². The van der Waals surface area contributed by atoms with E-state index in [0.717, 1.165) is 38.2 Å². The van der Waals surface area contributed by atoms with Crippen LogP contribution in [-0.2, 0) is 4.74 Å². The molecule has 1 fully saturated rings. The summed E-state index contributed by atoms with van der Waals surface area (Å²) in [6.07, 6.45) is 2.02. The predicted molar refractivity (Wildman–Crippen MR) is 80.6 cm³/mol. The van der Waals surface area contributed by atoms with Gasteiger partial charge in [0, 0.05) is 30.9 Å². The Labute approximate surface area is 128 Å². The van der Waals surface area contributed by atoms with Crippen molar-refractivity contribution in [3.63, 3.8) is 0 Å². The van der Waals surface area contributed by atoms with Crippen LogP contribution in [0.15, 0.2) is 16.6 Å². The molecule has 2 rings (SSSR count). The van der Waals surface area contributed by atoms with Gasteiger partial charge in [-0.25, -0.2) is 4.39 Å². The monoisotopic (exact) mass is 345 g/mol. The molecule has 1 aliphatic rings. The van der Waals surface area contributed by atoms with Crippen molar-refractivity contribution >= 4 is 15.9 Å². The van der Waals surface area contributed by atoms with Gasteiger partial charge in [0.2, 0.25) is 0 Å². The van der Waals surface area contributed by atoms with Crippen molar-refractivity contribution in [2.45, 2.75) is 25.8 Å². The second kappa shape index (κ2) is 7.38. The highest BCUT2D eigenvalue weighted by atomic mass is 79.9. The predicted octanol–water partition coefficient (Wildman–Crippen LogP) is 3.67. The summed E-state index contributed by atoms with van der Waals surface area (Å²) in [5.41, 5.74) is 1.01. The number of hydrogen-bond donors (Lipinski definition) is 1. The van der Waals surface area contributed by atoms with Crippen molar-refractivity contribution in [2.24, 2.45) is 5.92 Å². The molecule has 0 radical (unpaired) electrons. The highest BCUT2D eigenvalue weighted by Crippen LogP contribution is 2.37. The highest BCUT2D eigenvalue weighted by molar-refractivity contribution is 9.10. The Bertz CT molecular complexity index is 450. The molecule has 0 bridgehead atoms. The summed E-state index contributed by atoms with van der Waals surface area (Å²) in [4.78, 5) is 0. The highest BCUT2D eigenvalue weighted by Gasteiger charge is 2.27. The van der Waals surface area contributed by atoms with E-state index in [1.807, 2.05) is 6.07 Å². The maximum Gasteiger partial charge on any atom is 0.141 e. The lowest BCUT2D eigenvalue weighted by Gasteiger charge is -2.32. The van der Waals surface area contributed by atoms with Crippen LogP contribution in [0.25, 0.3) is 0 Å². The Morgan fingerprint density at radius 2 is 2.15 bits per heavy atom. The zero-order valence-electron chi connectivity index (χ0n) is 11.9. The van der Waals surface area contributed by atoms with Crippen molar-refractivity contribution < 1.29 is 13.9 Å². The van der Waals surface area contributed by atoms with Gasteiger partial charge in [0.15, 0.2) is 0 Å². The molecule has 1 saturated heterocycles. The first-order valence-corrected chi connectivity index (χ1v) is 7.80. The summed E-state index contributed by atoms with van der Waals surface area (Å²) in [7, 11) is 1.58.